The molecule has 1 saturated heterocycles. The minimum atomic E-state index is -0.949. The van der Waals surface area contributed by atoms with Crippen LogP contribution in [0.5, 0.6) is 0 Å². The van der Waals surface area contributed by atoms with E-state index in [1.165, 1.54) is 0 Å². The summed E-state index contributed by atoms with van der Waals surface area (Å²) < 4.78 is 0. The number of carboxylic acids is 1. The van der Waals surface area contributed by atoms with E-state index in [0.717, 1.165) is 36.8 Å². The maximum absolute atomic E-state index is 10.7. The number of hydrogen-bond donors (Lipinski definition) is 1. The minimum absolute atomic E-state index is 0.290. The third-order valence-corrected chi connectivity index (χ3v) is 4.38. The summed E-state index contributed by atoms with van der Waals surface area (Å²) >= 11 is 6.04. The van der Waals surface area contributed by atoms with Crippen molar-refractivity contribution in [3.8, 4) is 0 Å². The number of rotatable bonds is 3. The number of halogens is 1. The highest BCUT2D eigenvalue weighted by molar-refractivity contribution is 6.30. The van der Waals surface area contributed by atoms with Crippen LogP contribution in [0.2, 0.25) is 5.02 Å². The first-order valence-corrected chi connectivity index (χ1v) is 7.60. The van der Waals surface area contributed by atoms with Crippen LogP contribution in [0.25, 0.3) is 6.08 Å². The van der Waals surface area contributed by atoms with Crippen LogP contribution in [-0.4, -0.2) is 24.2 Å². The molecule has 4 heteroatoms. The molecular weight excluding hydrogens is 286 g/mol. The van der Waals surface area contributed by atoms with Crippen molar-refractivity contribution in [1.29, 1.82) is 0 Å². The lowest BCUT2D eigenvalue weighted by Crippen LogP contribution is -2.26. The van der Waals surface area contributed by atoms with Crippen molar-refractivity contribution < 1.29 is 9.90 Å². The van der Waals surface area contributed by atoms with Gasteiger partial charge in [0, 0.05) is 29.9 Å². The van der Waals surface area contributed by atoms with E-state index in [1.807, 2.05) is 18.2 Å². The van der Waals surface area contributed by atoms with Crippen LogP contribution in [0.4, 0.5) is 5.69 Å². The standard InChI is InChI=1S/C17H22ClNO2/c1-17(2,3)13-8-9-19(11-13)15-6-5-14(18)10-12(15)4-7-16(20)21/h4-7,10,13H,8-9,11H2,1-3H3,(H,20,21)/b7-4+. The summed E-state index contributed by atoms with van der Waals surface area (Å²) in [7, 11) is 0. The van der Waals surface area contributed by atoms with Gasteiger partial charge in [0.05, 0.1) is 0 Å². The topological polar surface area (TPSA) is 40.5 Å². The molecule has 0 amide bonds. The van der Waals surface area contributed by atoms with E-state index in [0.29, 0.717) is 10.9 Å². The summed E-state index contributed by atoms with van der Waals surface area (Å²) in [5.74, 6) is -0.306. The van der Waals surface area contributed by atoms with Gasteiger partial charge in [-0.05, 0) is 47.6 Å². The second-order valence-electron chi connectivity index (χ2n) is 6.67. The van der Waals surface area contributed by atoms with E-state index in [9.17, 15) is 4.79 Å². The van der Waals surface area contributed by atoms with Crippen molar-refractivity contribution in [3.05, 3.63) is 34.9 Å². The van der Waals surface area contributed by atoms with E-state index < -0.39 is 5.97 Å². The van der Waals surface area contributed by atoms with Gasteiger partial charge in [0.25, 0.3) is 0 Å². The van der Waals surface area contributed by atoms with E-state index >= 15 is 0 Å². The number of carboxylic acid groups (broad SMARTS) is 1. The lowest BCUT2D eigenvalue weighted by Gasteiger charge is -2.28. The highest BCUT2D eigenvalue weighted by Gasteiger charge is 2.32. The van der Waals surface area contributed by atoms with Crippen LogP contribution in [-0.2, 0) is 4.79 Å². The number of benzene rings is 1. The molecule has 3 nitrogen and oxygen atoms in total. The van der Waals surface area contributed by atoms with E-state index in [2.05, 4.69) is 25.7 Å². The smallest absolute Gasteiger partial charge is 0.328 e. The van der Waals surface area contributed by atoms with Crippen LogP contribution < -0.4 is 4.90 Å². The summed E-state index contributed by atoms with van der Waals surface area (Å²) in [6, 6.07) is 5.66. The Bertz CT molecular complexity index is 560. The van der Waals surface area contributed by atoms with Gasteiger partial charge in [-0.1, -0.05) is 32.4 Å². The quantitative estimate of drug-likeness (QED) is 0.846. The van der Waals surface area contributed by atoms with Crippen molar-refractivity contribution in [2.75, 3.05) is 18.0 Å². The Hall–Kier alpha value is -1.48. The maximum Gasteiger partial charge on any atom is 0.328 e. The van der Waals surface area contributed by atoms with Gasteiger partial charge in [0.15, 0.2) is 0 Å². The van der Waals surface area contributed by atoms with Gasteiger partial charge in [0.2, 0.25) is 0 Å². The van der Waals surface area contributed by atoms with Crippen molar-refractivity contribution in [2.24, 2.45) is 11.3 Å². The molecule has 21 heavy (non-hydrogen) atoms. The molecule has 0 spiro atoms. The van der Waals surface area contributed by atoms with Crippen molar-refractivity contribution in [2.45, 2.75) is 27.2 Å². The summed E-state index contributed by atoms with van der Waals surface area (Å²) in [6.07, 6.45) is 3.94. The summed E-state index contributed by atoms with van der Waals surface area (Å²) in [4.78, 5) is 13.1. The first-order valence-electron chi connectivity index (χ1n) is 7.23. The third kappa shape index (κ3) is 4.01. The molecule has 1 unspecified atom stereocenters. The number of hydrogen-bond acceptors (Lipinski definition) is 2. The average molecular weight is 308 g/mol. The van der Waals surface area contributed by atoms with Crippen LogP contribution in [0.1, 0.15) is 32.8 Å². The molecule has 1 N–H and O–H groups in total. The molecule has 0 aromatic heterocycles. The molecule has 114 valence electrons. The number of carbonyl (C=O) groups is 1. The molecule has 0 aliphatic carbocycles. The normalized spacial score (nSPS) is 19.4. The Kier molecular flexibility index (Phi) is 4.62. The molecular formula is C17H22ClNO2. The molecule has 0 bridgehead atoms. The second-order valence-corrected chi connectivity index (χ2v) is 7.11. The van der Waals surface area contributed by atoms with Gasteiger partial charge >= 0.3 is 5.97 Å². The molecule has 1 aromatic rings. The summed E-state index contributed by atoms with van der Waals surface area (Å²) in [6.45, 7) is 8.81. The molecule has 0 saturated carbocycles. The zero-order chi connectivity index (χ0) is 15.6. The number of nitrogens with zero attached hydrogens (tertiary/aromatic N) is 1. The van der Waals surface area contributed by atoms with E-state index in [4.69, 9.17) is 16.7 Å². The fourth-order valence-corrected chi connectivity index (χ4v) is 2.97. The Morgan fingerprint density at radius 3 is 2.71 bits per heavy atom. The van der Waals surface area contributed by atoms with E-state index in [-0.39, 0.29) is 5.41 Å². The number of aliphatic carboxylic acids is 1. The predicted octanol–water partition coefficient (Wildman–Crippen LogP) is 4.31. The molecule has 1 aromatic carbocycles. The van der Waals surface area contributed by atoms with Crippen molar-refractivity contribution in [1.82, 2.24) is 0 Å². The van der Waals surface area contributed by atoms with Gasteiger partial charge in [-0.3, -0.25) is 0 Å². The Balaban J connectivity index is 2.26. The molecule has 1 heterocycles. The lowest BCUT2D eigenvalue weighted by molar-refractivity contribution is -0.131. The Morgan fingerprint density at radius 2 is 2.14 bits per heavy atom. The molecule has 2 rings (SSSR count). The molecule has 0 radical (unpaired) electrons. The SMILES string of the molecule is CC(C)(C)C1CCN(c2ccc(Cl)cc2/C=C/C(=O)O)C1. The Morgan fingerprint density at radius 1 is 1.43 bits per heavy atom. The highest BCUT2D eigenvalue weighted by atomic mass is 35.5. The fourth-order valence-electron chi connectivity index (χ4n) is 2.79. The van der Waals surface area contributed by atoms with Crippen LogP contribution in [0.3, 0.4) is 0 Å². The maximum atomic E-state index is 10.7. The highest BCUT2D eigenvalue weighted by Crippen LogP contribution is 2.37. The van der Waals surface area contributed by atoms with E-state index in [1.54, 1.807) is 6.08 Å². The zero-order valence-electron chi connectivity index (χ0n) is 12.8. The van der Waals surface area contributed by atoms with Gasteiger partial charge in [-0.15, -0.1) is 0 Å². The average Bonchev–Trinajstić information content (AvgIpc) is 2.85. The van der Waals surface area contributed by atoms with Crippen molar-refractivity contribution in [3.63, 3.8) is 0 Å². The zero-order valence-corrected chi connectivity index (χ0v) is 13.5. The van der Waals surface area contributed by atoms with Gasteiger partial charge in [-0.25, -0.2) is 4.79 Å². The summed E-state index contributed by atoms with van der Waals surface area (Å²) in [5.41, 5.74) is 2.21. The van der Waals surface area contributed by atoms with Gasteiger partial charge in [0.1, 0.15) is 0 Å². The summed E-state index contributed by atoms with van der Waals surface area (Å²) in [5, 5.41) is 9.44. The molecule has 1 aliphatic rings. The predicted molar refractivity (Wildman–Crippen MR) is 87.9 cm³/mol. The van der Waals surface area contributed by atoms with Crippen molar-refractivity contribution >= 4 is 29.3 Å². The first kappa shape index (κ1) is 15.9. The fraction of sp³-hybridized carbons (Fsp3) is 0.471. The molecule has 1 aliphatic heterocycles. The largest absolute Gasteiger partial charge is 0.478 e. The van der Waals surface area contributed by atoms with Crippen LogP contribution in [0.15, 0.2) is 24.3 Å². The van der Waals surface area contributed by atoms with Gasteiger partial charge in [-0.2, -0.15) is 0 Å². The monoisotopic (exact) mass is 307 g/mol. The second kappa shape index (κ2) is 6.10. The number of anilines is 1. The van der Waals surface area contributed by atoms with Crippen LogP contribution >= 0.6 is 11.6 Å². The third-order valence-electron chi connectivity index (χ3n) is 4.15. The minimum Gasteiger partial charge on any atom is -0.478 e. The molecule has 1 atom stereocenters. The first-order chi connectivity index (χ1) is 9.77. The van der Waals surface area contributed by atoms with Gasteiger partial charge < -0.3 is 10.0 Å². The molecule has 1 fully saturated rings. The lowest BCUT2D eigenvalue weighted by atomic mass is 9.80. The van der Waals surface area contributed by atoms with Crippen LogP contribution in [0, 0.1) is 11.3 Å². The Labute approximate surface area is 131 Å².